The number of nitrogens with one attached hydrogen (secondary N) is 1. The van der Waals surface area contributed by atoms with E-state index in [1.165, 1.54) is 12.1 Å². The fraction of sp³-hybridized carbons (Fsp3) is 0.357. The van der Waals surface area contributed by atoms with Crippen LogP contribution in [0.4, 0.5) is 8.78 Å². The highest BCUT2D eigenvalue weighted by molar-refractivity contribution is 5.22. The van der Waals surface area contributed by atoms with Gasteiger partial charge >= 0.3 is 0 Å². The summed E-state index contributed by atoms with van der Waals surface area (Å²) in [6, 6.07) is 3.61. The quantitative estimate of drug-likeness (QED) is 0.900. The summed E-state index contributed by atoms with van der Waals surface area (Å²) in [4.78, 5) is 0. The van der Waals surface area contributed by atoms with Gasteiger partial charge in [0.05, 0.1) is 6.20 Å². The van der Waals surface area contributed by atoms with E-state index in [4.69, 9.17) is 0 Å². The van der Waals surface area contributed by atoms with Crippen LogP contribution in [0.5, 0.6) is 0 Å². The molecule has 19 heavy (non-hydrogen) atoms. The lowest BCUT2D eigenvalue weighted by molar-refractivity contribution is 0.538. The minimum Gasteiger partial charge on any atom is -0.310 e. The number of hydrogen-bond acceptors (Lipinski definition) is 2. The van der Waals surface area contributed by atoms with Gasteiger partial charge in [0.1, 0.15) is 11.6 Å². The van der Waals surface area contributed by atoms with Gasteiger partial charge in [0.25, 0.3) is 0 Å². The Morgan fingerprint density at radius 1 is 1.26 bits per heavy atom. The van der Waals surface area contributed by atoms with Crippen molar-refractivity contribution in [3.8, 4) is 0 Å². The maximum Gasteiger partial charge on any atom is 0.126 e. The van der Waals surface area contributed by atoms with Crippen LogP contribution in [-0.4, -0.2) is 16.3 Å². The molecule has 0 saturated carbocycles. The second-order valence-electron chi connectivity index (χ2n) is 4.54. The summed E-state index contributed by atoms with van der Waals surface area (Å²) in [5, 5.41) is 7.43. The maximum absolute atomic E-state index is 13.2. The van der Waals surface area contributed by atoms with Crippen molar-refractivity contribution in [2.75, 3.05) is 6.54 Å². The van der Waals surface area contributed by atoms with Crippen LogP contribution in [0.1, 0.15) is 24.1 Å². The number of aryl methyl sites for hydroxylation is 1. The lowest BCUT2D eigenvalue weighted by Crippen LogP contribution is -2.22. The van der Waals surface area contributed by atoms with Gasteiger partial charge in [-0.05, 0) is 30.7 Å². The van der Waals surface area contributed by atoms with Crippen LogP contribution in [0.25, 0.3) is 0 Å². The maximum atomic E-state index is 13.2. The van der Waals surface area contributed by atoms with E-state index < -0.39 is 11.6 Å². The molecule has 2 aromatic rings. The van der Waals surface area contributed by atoms with Crippen molar-refractivity contribution in [2.24, 2.45) is 7.05 Å². The fourth-order valence-electron chi connectivity index (χ4n) is 2.14. The lowest BCUT2D eigenvalue weighted by Gasteiger charge is -2.16. The number of rotatable bonds is 5. The van der Waals surface area contributed by atoms with Crippen molar-refractivity contribution in [1.82, 2.24) is 15.1 Å². The van der Waals surface area contributed by atoms with E-state index in [0.717, 1.165) is 18.2 Å². The summed E-state index contributed by atoms with van der Waals surface area (Å²) < 4.78 is 28.1. The first-order valence-electron chi connectivity index (χ1n) is 6.25. The smallest absolute Gasteiger partial charge is 0.126 e. The van der Waals surface area contributed by atoms with Crippen molar-refractivity contribution in [3.05, 3.63) is 53.4 Å². The van der Waals surface area contributed by atoms with Crippen molar-refractivity contribution in [3.63, 3.8) is 0 Å². The van der Waals surface area contributed by atoms with Gasteiger partial charge in [-0.25, -0.2) is 8.78 Å². The summed E-state index contributed by atoms with van der Waals surface area (Å²) in [6.07, 6.45) is 4.19. The Morgan fingerprint density at radius 2 is 1.95 bits per heavy atom. The molecule has 1 aromatic heterocycles. The largest absolute Gasteiger partial charge is 0.310 e. The van der Waals surface area contributed by atoms with Gasteiger partial charge in [0.15, 0.2) is 0 Å². The third-order valence-electron chi connectivity index (χ3n) is 2.94. The number of aromatic nitrogens is 2. The summed E-state index contributed by atoms with van der Waals surface area (Å²) in [7, 11) is 1.84. The number of benzene rings is 1. The van der Waals surface area contributed by atoms with Gasteiger partial charge in [-0.15, -0.1) is 0 Å². The Labute approximate surface area is 111 Å². The van der Waals surface area contributed by atoms with Crippen LogP contribution in [0.3, 0.4) is 0 Å². The van der Waals surface area contributed by atoms with Crippen molar-refractivity contribution in [2.45, 2.75) is 19.4 Å². The average molecular weight is 265 g/mol. The Kier molecular flexibility index (Phi) is 4.27. The molecule has 0 bridgehead atoms. The first-order valence-corrected chi connectivity index (χ1v) is 6.25. The second-order valence-corrected chi connectivity index (χ2v) is 4.54. The fourth-order valence-corrected chi connectivity index (χ4v) is 2.14. The molecule has 5 heteroatoms. The zero-order valence-corrected chi connectivity index (χ0v) is 11.0. The van der Waals surface area contributed by atoms with E-state index in [2.05, 4.69) is 10.4 Å². The number of hydrogen-bond donors (Lipinski definition) is 1. The van der Waals surface area contributed by atoms with E-state index >= 15 is 0 Å². The summed E-state index contributed by atoms with van der Waals surface area (Å²) in [5.41, 5.74) is 1.64. The molecule has 1 N–H and O–H groups in total. The van der Waals surface area contributed by atoms with Gasteiger partial charge < -0.3 is 5.32 Å². The molecule has 0 aliphatic rings. The normalized spacial score (nSPS) is 12.6. The first-order chi connectivity index (χ1) is 9.08. The van der Waals surface area contributed by atoms with E-state index in [1.807, 2.05) is 20.2 Å². The van der Waals surface area contributed by atoms with Crippen molar-refractivity contribution in [1.29, 1.82) is 0 Å². The Balaban J connectivity index is 2.20. The minimum absolute atomic E-state index is 0.0000926. The molecule has 0 saturated heterocycles. The van der Waals surface area contributed by atoms with Crippen LogP contribution in [0.2, 0.25) is 0 Å². The Hall–Kier alpha value is -1.75. The molecular weight excluding hydrogens is 248 g/mol. The molecule has 0 amide bonds. The van der Waals surface area contributed by atoms with Crippen LogP contribution in [0, 0.1) is 11.6 Å². The monoisotopic (exact) mass is 265 g/mol. The average Bonchev–Trinajstić information content (AvgIpc) is 2.74. The summed E-state index contributed by atoms with van der Waals surface area (Å²) >= 11 is 0. The lowest BCUT2D eigenvalue weighted by atomic mass is 10.0. The van der Waals surface area contributed by atoms with Crippen molar-refractivity contribution < 1.29 is 8.78 Å². The molecule has 0 aliphatic heterocycles. The molecule has 1 heterocycles. The Bertz CT molecular complexity index is 531. The minimum atomic E-state index is -0.545. The topological polar surface area (TPSA) is 29.9 Å². The first kappa shape index (κ1) is 13.7. The van der Waals surface area contributed by atoms with E-state index in [-0.39, 0.29) is 6.04 Å². The van der Waals surface area contributed by atoms with Crippen molar-refractivity contribution >= 4 is 0 Å². The number of likely N-dealkylation sites (N-methyl/N-ethyl adjacent to an activating group) is 1. The third kappa shape index (κ3) is 3.61. The zero-order chi connectivity index (χ0) is 13.8. The molecular formula is C14H17F2N3. The van der Waals surface area contributed by atoms with E-state index in [1.54, 1.807) is 10.9 Å². The highest BCUT2D eigenvalue weighted by atomic mass is 19.1. The van der Waals surface area contributed by atoms with Crippen LogP contribution in [0.15, 0.2) is 30.6 Å². The van der Waals surface area contributed by atoms with Crippen LogP contribution in [-0.2, 0) is 13.5 Å². The predicted octanol–water partition coefficient (Wildman–Crippen LogP) is 2.59. The van der Waals surface area contributed by atoms with Gasteiger partial charge in [0.2, 0.25) is 0 Å². The Morgan fingerprint density at radius 3 is 2.47 bits per heavy atom. The molecule has 1 aromatic carbocycles. The summed E-state index contributed by atoms with van der Waals surface area (Å²) in [5.74, 6) is -1.09. The number of halogens is 2. The molecule has 1 unspecified atom stereocenters. The van der Waals surface area contributed by atoms with Gasteiger partial charge in [-0.1, -0.05) is 6.92 Å². The molecule has 0 spiro atoms. The standard InChI is InChI=1S/C14H17F2N3/c1-3-17-14(11-8-18-19(2)9-11)6-10-4-12(15)7-13(16)5-10/h4-5,7-9,14,17H,3,6H2,1-2H3. The highest BCUT2D eigenvalue weighted by Crippen LogP contribution is 2.19. The van der Waals surface area contributed by atoms with Gasteiger partial charge in [0, 0.05) is 30.9 Å². The molecule has 3 nitrogen and oxygen atoms in total. The summed E-state index contributed by atoms with van der Waals surface area (Å²) in [6.45, 7) is 2.77. The number of nitrogens with zero attached hydrogens (tertiary/aromatic N) is 2. The van der Waals surface area contributed by atoms with E-state index in [9.17, 15) is 8.78 Å². The predicted molar refractivity (Wildman–Crippen MR) is 69.7 cm³/mol. The third-order valence-corrected chi connectivity index (χ3v) is 2.94. The van der Waals surface area contributed by atoms with Gasteiger partial charge in [-0.2, -0.15) is 5.10 Å². The highest BCUT2D eigenvalue weighted by Gasteiger charge is 2.14. The molecule has 102 valence electrons. The van der Waals surface area contributed by atoms with Crippen LogP contribution < -0.4 is 5.32 Å². The van der Waals surface area contributed by atoms with E-state index in [0.29, 0.717) is 12.0 Å². The van der Waals surface area contributed by atoms with Gasteiger partial charge in [-0.3, -0.25) is 4.68 Å². The zero-order valence-electron chi connectivity index (χ0n) is 11.0. The molecule has 0 aliphatic carbocycles. The SMILES string of the molecule is CCNC(Cc1cc(F)cc(F)c1)c1cnn(C)c1. The second kappa shape index (κ2) is 5.93. The molecule has 0 radical (unpaired) electrons. The van der Waals surface area contributed by atoms with Crippen LogP contribution >= 0.6 is 0 Å². The molecule has 2 rings (SSSR count). The molecule has 0 fully saturated rings. The molecule has 1 atom stereocenters.